The van der Waals surface area contributed by atoms with Crippen LogP contribution in [0.25, 0.3) is 0 Å². The van der Waals surface area contributed by atoms with Crippen molar-refractivity contribution in [1.82, 2.24) is 0 Å². The van der Waals surface area contributed by atoms with Crippen molar-refractivity contribution in [2.45, 2.75) is 46.4 Å². The molecule has 2 nitrogen and oxygen atoms in total. The highest BCUT2D eigenvalue weighted by atomic mass is 16.5. The second-order valence-corrected chi connectivity index (χ2v) is 4.21. The predicted octanol–water partition coefficient (Wildman–Crippen LogP) is 1.87. The molecule has 0 aliphatic carbocycles. The van der Waals surface area contributed by atoms with Crippen molar-refractivity contribution in [2.75, 3.05) is 13.2 Å². The normalized spacial score (nSPS) is 14.2. The first kappa shape index (κ1) is 13.0. The van der Waals surface area contributed by atoms with Crippen LogP contribution in [-0.4, -0.2) is 26.4 Å². The van der Waals surface area contributed by atoms with Crippen LogP contribution in [0.3, 0.4) is 0 Å². The summed E-state index contributed by atoms with van der Waals surface area (Å²) in [6.07, 6.45) is 2.12. The first-order valence-electron chi connectivity index (χ1n) is 5.17. The first-order chi connectivity index (χ1) is 6.04. The lowest BCUT2D eigenvalue weighted by molar-refractivity contribution is 0.103. The number of rotatable bonds is 7. The van der Waals surface area contributed by atoms with E-state index in [1.165, 1.54) is 0 Å². The predicted molar refractivity (Wildman–Crippen MR) is 59.1 cm³/mol. The molecule has 0 spiro atoms. The lowest BCUT2D eigenvalue weighted by atomic mass is 9.60. The summed E-state index contributed by atoms with van der Waals surface area (Å²) in [7, 11) is 2.06. The Bertz CT molecular complexity index is 128. The molecule has 1 atom stereocenters. The van der Waals surface area contributed by atoms with Gasteiger partial charge < -0.3 is 10.5 Å². The van der Waals surface area contributed by atoms with E-state index in [-0.39, 0.29) is 11.4 Å². The minimum atomic E-state index is 0.155. The van der Waals surface area contributed by atoms with Crippen LogP contribution in [0, 0.1) is 5.41 Å². The van der Waals surface area contributed by atoms with Gasteiger partial charge in [0.2, 0.25) is 0 Å². The average Bonchev–Trinajstić information content (AvgIpc) is 2.11. The molecule has 77 valence electrons. The Hall–Kier alpha value is -0.0151. The number of nitrogens with two attached hydrogens (primary N) is 1. The van der Waals surface area contributed by atoms with Crippen LogP contribution in [0.2, 0.25) is 6.82 Å². The zero-order valence-corrected chi connectivity index (χ0v) is 9.47. The van der Waals surface area contributed by atoms with Gasteiger partial charge in [-0.25, -0.2) is 0 Å². The Balaban J connectivity index is 3.62. The van der Waals surface area contributed by atoms with Crippen molar-refractivity contribution < 1.29 is 4.74 Å². The van der Waals surface area contributed by atoms with Crippen molar-refractivity contribution in [2.24, 2.45) is 11.1 Å². The van der Waals surface area contributed by atoms with Crippen LogP contribution in [-0.2, 0) is 4.74 Å². The fraction of sp³-hybridized carbons (Fsp3) is 1.00. The Morgan fingerprint density at radius 2 is 2.00 bits per heavy atom. The molecule has 0 aromatic heterocycles. The van der Waals surface area contributed by atoms with E-state index < -0.39 is 0 Å². The Labute approximate surface area is 83.5 Å². The van der Waals surface area contributed by atoms with Crippen molar-refractivity contribution >= 4 is 7.28 Å². The van der Waals surface area contributed by atoms with Gasteiger partial charge in [-0.3, -0.25) is 0 Å². The molecule has 0 aliphatic rings. The smallest absolute Gasteiger partial charge is 0.129 e. The molecule has 0 unspecified atom stereocenters. The molecule has 0 amide bonds. The van der Waals surface area contributed by atoms with Crippen LogP contribution < -0.4 is 5.73 Å². The van der Waals surface area contributed by atoms with E-state index in [0.717, 1.165) is 26.1 Å². The number of hydrogen-bond donors (Lipinski definition) is 1. The second-order valence-electron chi connectivity index (χ2n) is 4.21. The summed E-state index contributed by atoms with van der Waals surface area (Å²) in [6, 6.07) is 0. The van der Waals surface area contributed by atoms with Gasteiger partial charge in [-0.15, -0.1) is 0 Å². The van der Waals surface area contributed by atoms with Gasteiger partial charge in [0, 0.05) is 13.2 Å². The number of hydrogen-bond acceptors (Lipinski definition) is 2. The highest BCUT2D eigenvalue weighted by Crippen LogP contribution is 2.23. The zero-order chi connectivity index (χ0) is 10.3. The molecule has 0 bridgehead atoms. The summed E-state index contributed by atoms with van der Waals surface area (Å²) in [6.45, 7) is 10.2. The summed E-state index contributed by atoms with van der Waals surface area (Å²) in [4.78, 5) is 0. The van der Waals surface area contributed by atoms with Crippen molar-refractivity contribution in [3.8, 4) is 0 Å². The fourth-order valence-corrected chi connectivity index (χ4v) is 1.20. The minimum absolute atomic E-state index is 0.155. The molecule has 0 saturated heterocycles. The van der Waals surface area contributed by atoms with Gasteiger partial charge in [-0.2, -0.15) is 0 Å². The van der Waals surface area contributed by atoms with Crippen LogP contribution in [0.1, 0.15) is 33.6 Å². The molecule has 0 aliphatic heterocycles. The van der Waals surface area contributed by atoms with Crippen LogP contribution in [0.5, 0.6) is 0 Å². The highest BCUT2D eigenvalue weighted by Gasteiger charge is 2.24. The summed E-state index contributed by atoms with van der Waals surface area (Å²) in [5, 5.41) is 0. The van der Waals surface area contributed by atoms with E-state index in [2.05, 4.69) is 28.1 Å². The molecular weight excluding hydrogens is 161 g/mol. The molecule has 0 rings (SSSR count). The van der Waals surface area contributed by atoms with Crippen LogP contribution in [0.15, 0.2) is 0 Å². The molecule has 0 fully saturated rings. The van der Waals surface area contributed by atoms with E-state index in [1.54, 1.807) is 0 Å². The number of ether oxygens (including phenoxy) is 1. The molecule has 0 aromatic rings. The van der Waals surface area contributed by atoms with E-state index in [1.807, 2.05) is 6.82 Å². The van der Waals surface area contributed by atoms with Crippen LogP contribution >= 0.6 is 0 Å². The Morgan fingerprint density at radius 1 is 1.38 bits per heavy atom. The van der Waals surface area contributed by atoms with Gasteiger partial charge in [0.25, 0.3) is 0 Å². The third kappa shape index (κ3) is 5.32. The lowest BCUT2D eigenvalue weighted by Crippen LogP contribution is -2.41. The van der Waals surface area contributed by atoms with Gasteiger partial charge in [0.05, 0.1) is 0 Å². The monoisotopic (exact) mass is 184 g/mol. The maximum atomic E-state index is 5.95. The topological polar surface area (TPSA) is 35.2 Å². The minimum Gasteiger partial charge on any atom is -0.381 e. The maximum absolute atomic E-state index is 5.95. The molecule has 2 N–H and O–H groups in total. The van der Waals surface area contributed by atoms with Crippen molar-refractivity contribution in [3.05, 3.63) is 0 Å². The molecule has 0 heterocycles. The summed E-state index contributed by atoms with van der Waals surface area (Å²) in [5.41, 5.74) is 6.11. The van der Waals surface area contributed by atoms with Gasteiger partial charge in [-0.1, -0.05) is 27.6 Å². The SMILES string of the molecule is C[B][C@@H](N)C(C)(C)CCOCCC. The van der Waals surface area contributed by atoms with Gasteiger partial charge in [0.15, 0.2) is 0 Å². The van der Waals surface area contributed by atoms with Gasteiger partial charge in [-0.05, 0) is 24.2 Å². The maximum Gasteiger partial charge on any atom is 0.129 e. The average molecular weight is 184 g/mol. The molecule has 0 aromatic carbocycles. The fourth-order valence-electron chi connectivity index (χ4n) is 1.20. The molecule has 0 saturated carbocycles. The second kappa shape index (κ2) is 6.44. The third-order valence-corrected chi connectivity index (χ3v) is 2.50. The van der Waals surface area contributed by atoms with Crippen molar-refractivity contribution in [3.63, 3.8) is 0 Å². The molecule has 1 radical (unpaired) electrons. The van der Waals surface area contributed by atoms with E-state index in [4.69, 9.17) is 10.5 Å². The zero-order valence-electron chi connectivity index (χ0n) is 9.47. The van der Waals surface area contributed by atoms with Gasteiger partial charge in [0.1, 0.15) is 7.28 Å². The van der Waals surface area contributed by atoms with E-state index >= 15 is 0 Å². The third-order valence-electron chi connectivity index (χ3n) is 2.50. The standard InChI is InChI=1S/C10H23BNO/c1-5-7-13-8-6-10(2,3)9(12)11-4/h9H,5-8,12H2,1-4H3/t9-/m0/s1. The largest absolute Gasteiger partial charge is 0.381 e. The van der Waals surface area contributed by atoms with Crippen molar-refractivity contribution in [1.29, 1.82) is 0 Å². The Kier molecular flexibility index (Phi) is 6.43. The quantitative estimate of drug-likeness (QED) is 0.484. The lowest BCUT2D eigenvalue weighted by Gasteiger charge is -2.30. The first-order valence-corrected chi connectivity index (χ1v) is 5.17. The van der Waals surface area contributed by atoms with E-state index in [9.17, 15) is 0 Å². The summed E-state index contributed by atoms with van der Waals surface area (Å²) < 4.78 is 5.44. The van der Waals surface area contributed by atoms with Gasteiger partial charge >= 0.3 is 0 Å². The molecular formula is C10H23BNO. The highest BCUT2D eigenvalue weighted by molar-refractivity contribution is 6.35. The summed E-state index contributed by atoms with van der Waals surface area (Å²) >= 11 is 0. The Morgan fingerprint density at radius 3 is 2.46 bits per heavy atom. The molecule has 13 heavy (non-hydrogen) atoms. The molecule has 3 heteroatoms. The van der Waals surface area contributed by atoms with Crippen LogP contribution in [0.4, 0.5) is 0 Å². The summed E-state index contributed by atoms with van der Waals surface area (Å²) in [5.74, 6) is 0.165. The van der Waals surface area contributed by atoms with E-state index in [0.29, 0.717) is 0 Å².